The summed E-state index contributed by atoms with van der Waals surface area (Å²) in [5, 5.41) is 9.00. The normalized spacial score (nSPS) is 9.94. The lowest BCUT2D eigenvalue weighted by Crippen LogP contribution is -1.95. The van der Waals surface area contributed by atoms with Crippen LogP contribution in [0.25, 0.3) is 11.3 Å². The first kappa shape index (κ1) is 11.2. The number of benzene rings is 1. The Morgan fingerprint density at radius 2 is 2.00 bits per heavy atom. The Kier molecular flexibility index (Phi) is 2.80. The molecule has 3 heteroatoms. The molecule has 0 aliphatic heterocycles. The zero-order valence-corrected chi connectivity index (χ0v) is 9.86. The number of hydrogen-bond donors (Lipinski definition) is 1. The SMILES string of the molecule is Cc1cnc(-c2ccc(C)c(C#N)c2)c(N)c1. The lowest BCUT2D eigenvalue weighted by molar-refractivity contribution is 1.27. The van der Waals surface area contributed by atoms with Crippen LogP contribution in [0.1, 0.15) is 16.7 Å². The van der Waals surface area contributed by atoms with Gasteiger partial charge in [-0.05, 0) is 37.1 Å². The van der Waals surface area contributed by atoms with E-state index in [4.69, 9.17) is 11.0 Å². The van der Waals surface area contributed by atoms with Crippen molar-refractivity contribution in [3.05, 3.63) is 47.2 Å². The van der Waals surface area contributed by atoms with Crippen molar-refractivity contribution in [1.29, 1.82) is 5.26 Å². The van der Waals surface area contributed by atoms with Gasteiger partial charge in [-0.15, -0.1) is 0 Å². The van der Waals surface area contributed by atoms with Gasteiger partial charge in [-0.3, -0.25) is 4.98 Å². The number of pyridine rings is 1. The van der Waals surface area contributed by atoms with Crippen molar-refractivity contribution in [1.82, 2.24) is 4.98 Å². The second kappa shape index (κ2) is 4.26. The first-order valence-electron chi connectivity index (χ1n) is 5.35. The van der Waals surface area contributed by atoms with Crippen LogP contribution in [0.15, 0.2) is 30.5 Å². The molecule has 0 spiro atoms. The predicted octanol–water partition coefficient (Wildman–Crippen LogP) is 2.82. The molecule has 2 N–H and O–H groups in total. The van der Waals surface area contributed by atoms with Crippen molar-refractivity contribution >= 4 is 5.69 Å². The maximum atomic E-state index is 9.00. The molecule has 0 saturated heterocycles. The predicted molar refractivity (Wildman–Crippen MR) is 68.3 cm³/mol. The smallest absolute Gasteiger partial charge is 0.0994 e. The zero-order chi connectivity index (χ0) is 12.4. The zero-order valence-electron chi connectivity index (χ0n) is 9.86. The number of aryl methyl sites for hydroxylation is 2. The average Bonchev–Trinajstić information content (AvgIpc) is 2.30. The number of nitrogens with two attached hydrogens (primary N) is 1. The summed E-state index contributed by atoms with van der Waals surface area (Å²) in [4.78, 5) is 4.32. The highest BCUT2D eigenvalue weighted by Gasteiger charge is 2.06. The van der Waals surface area contributed by atoms with E-state index in [0.717, 1.165) is 22.4 Å². The van der Waals surface area contributed by atoms with Crippen molar-refractivity contribution in [3.63, 3.8) is 0 Å². The minimum absolute atomic E-state index is 0.637. The molecule has 0 aliphatic carbocycles. The number of nitrogens with zero attached hydrogens (tertiary/aromatic N) is 2. The summed E-state index contributed by atoms with van der Waals surface area (Å²) in [5.74, 6) is 0. The fraction of sp³-hybridized carbons (Fsp3) is 0.143. The number of nitriles is 1. The molecule has 17 heavy (non-hydrogen) atoms. The summed E-state index contributed by atoms with van der Waals surface area (Å²) < 4.78 is 0. The summed E-state index contributed by atoms with van der Waals surface area (Å²) in [6, 6.07) is 9.72. The molecule has 0 bridgehead atoms. The lowest BCUT2D eigenvalue weighted by atomic mass is 10.0. The van der Waals surface area contributed by atoms with E-state index in [1.54, 1.807) is 6.20 Å². The number of aromatic nitrogens is 1. The largest absolute Gasteiger partial charge is 0.397 e. The van der Waals surface area contributed by atoms with Gasteiger partial charge >= 0.3 is 0 Å². The molecule has 0 aliphatic rings. The summed E-state index contributed by atoms with van der Waals surface area (Å²) in [5.41, 5.74) is 10.8. The molecule has 84 valence electrons. The van der Waals surface area contributed by atoms with Gasteiger partial charge in [0, 0.05) is 11.8 Å². The quantitative estimate of drug-likeness (QED) is 0.808. The van der Waals surface area contributed by atoms with E-state index in [-0.39, 0.29) is 0 Å². The van der Waals surface area contributed by atoms with Crippen LogP contribution in [-0.4, -0.2) is 4.98 Å². The molecule has 0 unspecified atom stereocenters. The van der Waals surface area contributed by atoms with E-state index in [1.165, 1.54) is 0 Å². The first-order chi connectivity index (χ1) is 8.11. The standard InChI is InChI=1S/C14H13N3/c1-9-5-13(16)14(17-8-9)11-4-3-10(2)12(6-11)7-15/h3-6,8H,16H2,1-2H3. The van der Waals surface area contributed by atoms with Crippen LogP contribution >= 0.6 is 0 Å². The molecular weight excluding hydrogens is 210 g/mol. The Hall–Kier alpha value is -2.34. The second-order valence-electron chi connectivity index (χ2n) is 4.09. The van der Waals surface area contributed by atoms with Crippen molar-refractivity contribution in [2.45, 2.75) is 13.8 Å². The molecule has 3 nitrogen and oxygen atoms in total. The Balaban J connectivity index is 2.58. The van der Waals surface area contributed by atoms with Crippen LogP contribution in [0.2, 0.25) is 0 Å². The number of rotatable bonds is 1. The van der Waals surface area contributed by atoms with Gasteiger partial charge in [0.2, 0.25) is 0 Å². The van der Waals surface area contributed by atoms with Gasteiger partial charge in [0.15, 0.2) is 0 Å². The van der Waals surface area contributed by atoms with Gasteiger partial charge in [-0.1, -0.05) is 12.1 Å². The molecule has 1 aromatic carbocycles. The topological polar surface area (TPSA) is 62.7 Å². The van der Waals surface area contributed by atoms with Gasteiger partial charge in [0.1, 0.15) is 0 Å². The van der Waals surface area contributed by atoms with E-state index >= 15 is 0 Å². The average molecular weight is 223 g/mol. The van der Waals surface area contributed by atoms with Crippen LogP contribution in [0.4, 0.5) is 5.69 Å². The van der Waals surface area contributed by atoms with Crippen molar-refractivity contribution in [2.75, 3.05) is 5.73 Å². The van der Waals surface area contributed by atoms with Crippen molar-refractivity contribution < 1.29 is 0 Å². The van der Waals surface area contributed by atoms with E-state index in [0.29, 0.717) is 11.3 Å². The highest BCUT2D eigenvalue weighted by Crippen LogP contribution is 2.25. The molecule has 0 amide bonds. The van der Waals surface area contributed by atoms with Crippen LogP contribution in [0.3, 0.4) is 0 Å². The van der Waals surface area contributed by atoms with Crippen molar-refractivity contribution in [2.24, 2.45) is 0 Å². The summed E-state index contributed by atoms with van der Waals surface area (Å²) in [7, 11) is 0. The molecule has 2 rings (SSSR count). The highest BCUT2D eigenvalue weighted by atomic mass is 14.7. The van der Waals surface area contributed by atoms with Crippen LogP contribution in [0.5, 0.6) is 0 Å². The van der Waals surface area contributed by atoms with Gasteiger partial charge in [-0.2, -0.15) is 5.26 Å². The van der Waals surface area contributed by atoms with Crippen LogP contribution < -0.4 is 5.73 Å². The summed E-state index contributed by atoms with van der Waals surface area (Å²) >= 11 is 0. The third-order valence-electron chi connectivity index (χ3n) is 2.69. The molecule has 0 fully saturated rings. The Morgan fingerprint density at radius 3 is 2.65 bits per heavy atom. The minimum Gasteiger partial charge on any atom is -0.397 e. The monoisotopic (exact) mass is 223 g/mol. The van der Waals surface area contributed by atoms with Crippen LogP contribution in [0, 0.1) is 25.2 Å². The van der Waals surface area contributed by atoms with Gasteiger partial charge in [0.05, 0.1) is 23.0 Å². The van der Waals surface area contributed by atoms with Crippen LogP contribution in [-0.2, 0) is 0 Å². The van der Waals surface area contributed by atoms with Gasteiger partial charge in [0.25, 0.3) is 0 Å². The molecule has 1 heterocycles. The summed E-state index contributed by atoms with van der Waals surface area (Å²) in [6.45, 7) is 3.86. The maximum absolute atomic E-state index is 9.00. The maximum Gasteiger partial charge on any atom is 0.0994 e. The molecule has 0 radical (unpaired) electrons. The minimum atomic E-state index is 0.637. The Morgan fingerprint density at radius 1 is 1.24 bits per heavy atom. The second-order valence-corrected chi connectivity index (χ2v) is 4.09. The Bertz CT molecular complexity index is 609. The molecule has 0 saturated carbocycles. The Labute approximate surface area is 101 Å². The van der Waals surface area contributed by atoms with Gasteiger partial charge in [-0.25, -0.2) is 0 Å². The number of anilines is 1. The first-order valence-corrected chi connectivity index (χ1v) is 5.35. The molecule has 0 atom stereocenters. The third-order valence-corrected chi connectivity index (χ3v) is 2.69. The van der Waals surface area contributed by atoms with E-state index in [9.17, 15) is 0 Å². The molecule has 2 aromatic rings. The lowest BCUT2D eigenvalue weighted by Gasteiger charge is -2.07. The molecule has 1 aromatic heterocycles. The fourth-order valence-corrected chi connectivity index (χ4v) is 1.72. The highest BCUT2D eigenvalue weighted by molar-refractivity contribution is 5.74. The van der Waals surface area contributed by atoms with E-state index in [2.05, 4.69) is 11.1 Å². The van der Waals surface area contributed by atoms with Gasteiger partial charge < -0.3 is 5.73 Å². The molecular formula is C14H13N3. The number of hydrogen-bond acceptors (Lipinski definition) is 3. The summed E-state index contributed by atoms with van der Waals surface area (Å²) in [6.07, 6.45) is 1.78. The van der Waals surface area contributed by atoms with E-state index < -0.39 is 0 Å². The number of nitrogen functional groups attached to an aromatic ring is 1. The fourth-order valence-electron chi connectivity index (χ4n) is 1.72. The van der Waals surface area contributed by atoms with E-state index in [1.807, 2.05) is 38.1 Å². The third kappa shape index (κ3) is 2.11. The van der Waals surface area contributed by atoms with Crippen molar-refractivity contribution in [3.8, 4) is 17.3 Å².